The Balaban J connectivity index is 1.77. The highest BCUT2D eigenvalue weighted by atomic mass is 32.2. The quantitative estimate of drug-likeness (QED) is 0.744. The van der Waals surface area contributed by atoms with Crippen LogP contribution in [0.2, 0.25) is 0 Å². The maximum atomic E-state index is 11.8. The first-order chi connectivity index (χ1) is 9.46. The number of sulfonamides is 1. The van der Waals surface area contributed by atoms with Gasteiger partial charge in [0.25, 0.3) is 0 Å². The van der Waals surface area contributed by atoms with Crippen LogP contribution >= 0.6 is 0 Å². The van der Waals surface area contributed by atoms with Crippen LogP contribution in [0.4, 0.5) is 0 Å². The van der Waals surface area contributed by atoms with E-state index < -0.39 is 10.0 Å². The lowest BCUT2D eigenvalue weighted by Crippen LogP contribution is -2.26. The zero-order valence-corrected chi connectivity index (χ0v) is 12.3. The standard InChI is InChI=1S/C12H18N4O3S/c1-9-6-12(16-19-9)8-20(17,18)14-5-3-4-11-7-13-15-10(11)2/h6-7,14H,3-5,8H2,1-2H3,(H,13,15). The minimum atomic E-state index is -3.37. The topological polar surface area (TPSA) is 101 Å². The molecule has 0 aliphatic heterocycles. The molecule has 0 saturated heterocycles. The van der Waals surface area contributed by atoms with Crippen LogP contribution in [0, 0.1) is 13.8 Å². The Labute approximate surface area is 117 Å². The molecule has 0 saturated carbocycles. The van der Waals surface area contributed by atoms with Gasteiger partial charge < -0.3 is 4.52 Å². The van der Waals surface area contributed by atoms with Crippen molar-refractivity contribution in [1.82, 2.24) is 20.1 Å². The molecule has 2 rings (SSSR count). The summed E-state index contributed by atoms with van der Waals surface area (Å²) in [4.78, 5) is 0. The van der Waals surface area contributed by atoms with Gasteiger partial charge in [0.05, 0.1) is 6.20 Å². The van der Waals surface area contributed by atoms with Crippen LogP contribution < -0.4 is 4.72 Å². The van der Waals surface area contributed by atoms with Gasteiger partial charge in [0.2, 0.25) is 10.0 Å². The summed E-state index contributed by atoms with van der Waals surface area (Å²) < 4.78 is 31.1. The number of hydrogen-bond acceptors (Lipinski definition) is 5. The van der Waals surface area contributed by atoms with Crippen LogP contribution in [0.5, 0.6) is 0 Å². The first-order valence-corrected chi connectivity index (χ1v) is 8.00. The molecule has 2 aromatic heterocycles. The Morgan fingerprint density at radius 3 is 2.80 bits per heavy atom. The first kappa shape index (κ1) is 14.7. The Kier molecular flexibility index (Phi) is 4.56. The summed E-state index contributed by atoms with van der Waals surface area (Å²) in [5, 5.41) is 10.5. The summed E-state index contributed by atoms with van der Waals surface area (Å²) in [5.74, 6) is 0.445. The van der Waals surface area contributed by atoms with E-state index in [4.69, 9.17) is 4.52 Å². The van der Waals surface area contributed by atoms with Crippen molar-refractivity contribution in [3.63, 3.8) is 0 Å². The SMILES string of the molecule is Cc1cc(CS(=O)(=O)NCCCc2cn[nH]c2C)no1. The van der Waals surface area contributed by atoms with E-state index in [-0.39, 0.29) is 5.75 Å². The second-order valence-corrected chi connectivity index (χ2v) is 6.51. The lowest BCUT2D eigenvalue weighted by atomic mass is 10.1. The van der Waals surface area contributed by atoms with Crippen molar-refractivity contribution in [2.45, 2.75) is 32.4 Å². The van der Waals surface area contributed by atoms with Gasteiger partial charge in [0.1, 0.15) is 17.2 Å². The van der Waals surface area contributed by atoms with Crippen LogP contribution in [0.1, 0.15) is 29.1 Å². The molecule has 0 aliphatic carbocycles. The molecule has 110 valence electrons. The summed E-state index contributed by atoms with van der Waals surface area (Å²) in [6.45, 7) is 4.06. The minimum Gasteiger partial charge on any atom is -0.361 e. The van der Waals surface area contributed by atoms with Crippen molar-refractivity contribution in [2.75, 3.05) is 6.54 Å². The molecule has 0 atom stereocenters. The van der Waals surface area contributed by atoms with Crippen molar-refractivity contribution >= 4 is 10.0 Å². The molecule has 2 aromatic rings. The molecule has 0 aromatic carbocycles. The average Bonchev–Trinajstić information content (AvgIpc) is 2.94. The van der Waals surface area contributed by atoms with Crippen molar-refractivity contribution in [1.29, 1.82) is 0 Å². The monoisotopic (exact) mass is 298 g/mol. The molecule has 2 heterocycles. The number of aromatic amines is 1. The van der Waals surface area contributed by atoms with Gasteiger partial charge in [-0.15, -0.1) is 0 Å². The van der Waals surface area contributed by atoms with Gasteiger partial charge in [-0.25, -0.2) is 13.1 Å². The molecular formula is C12H18N4O3S. The fourth-order valence-electron chi connectivity index (χ4n) is 1.87. The molecule has 0 fully saturated rings. The maximum Gasteiger partial charge on any atom is 0.217 e. The number of H-pyrrole nitrogens is 1. The van der Waals surface area contributed by atoms with E-state index >= 15 is 0 Å². The van der Waals surface area contributed by atoms with E-state index in [0.717, 1.165) is 24.1 Å². The largest absolute Gasteiger partial charge is 0.361 e. The molecule has 0 amide bonds. The Morgan fingerprint density at radius 1 is 1.40 bits per heavy atom. The van der Waals surface area contributed by atoms with Crippen molar-refractivity contribution < 1.29 is 12.9 Å². The van der Waals surface area contributed by atoms with E-state index in [1.807, 2.05) is 6.92 Å². The predicted molar refractivity (Wildman–Crippen MR) is 73.5 cm³/mol. The first-order valence-electron chi connectivity index (χ1n) is 6.34. The fraction of sp³-hybridized carbons (Fsp3) is 0.500. The van der Waals surface area contributed by atoms with Gasteiger partial charge in [-0.3, -0.25) is 5.10 Å². The Hall–Kier alpha value is -1.67. The van der Waals surface area contributed by atoms with Gasteiger partial charge in [-0.1, -0.05) is 5.16 Å². The summed E-state index contributed by atoms with van der Waals surface area (Å²) in [6, 6.07) is 1.62. The highest BCUT2D eigenvalue weighted by Gasteiger charge is 2.14. The van der Waals surface area contributed by atoms with Crippen molar-refractivity contribution in [3.8, 4) is 0 Å². The highest BCUT2D eigenvalue weighted by molar-refractivity contribution is 7.88. The Morgan fingerprint density at radius 2 is 2.20 bits per heavy atom. The minimum absolute atomic E-state index is 0.158. The zero-order chi connectivity index (χ0) is 14.6. The normalized spacial score (nSPS) is 11.9. The van der Waals surface area contributed by atoms with E-state index in [1.54, 1.807) is 19.2 Å². The number of rotatable bonds is 7. The molecule has 20 heavy (non-hydrogen) atoms. The number of hydrogen-bond donors (Lipinski definition) is 2. The molecule has 0 aliphatic rings. The predicted octanol–water partition coefficient (Wildman–Crippen LogP) is 1.07. The average molecular weight is 298 g/mol. The molecule has 7 nitrogen and oxygen atoms in total. The maximum absolute atomic E-state index is 11.8. The van der Waals surface area contributed by atoms with Gasteiger partial charge >= 0.3 is 0 Å². The lowest BCUT2D eigenvalue weighted by molar-refractivity contribution is 0.392. The van der Waals surface area contributed by atoms with Crippen LogP contribution in [0.15, 0.2) is 16.8 Å². The number of nitrogens with zero attached hydrogens (tertiary/aromatic N) is 2. The van der Waals surface area contributed by atoms with E-state index in [0.29, 0.717) is 18.0 Å². The van der Waals surface area contributed by atoms with Crippen molar-refractivity contribution in [3.05, 3.63) is 35.0 Å². The molecular weight excluding hydrogens is 280 g/mol. The van der Waals surface area contributed by atoms with E-state index in [1.165, 1.54) is 0 Å². The van der Waals surface area contributed by atoms with Gasteiger partial charge in [-0.05, 0) is 32.3 Å². The molecule has 0 unspecified atom stereocenters. The number of nitrogens with one attached hydrogen (secondary N) is 2. The molecule has 0 radical (unpaired) electrons. The summed E-state index contributed by atoms with van der Waals surface area (Å²) in [6.07, 6.45) is 3.27. The van der Waals surface area contributed by atoms with Crippen LogP contribution in [0.3, 0.4) is 0 Å². The van der Waals surface area contributed by atoms with E-state index in [9.17, 15) is 8.42 Å². The number of aromatic nitrogens is 3. The highest BCUT2D eigenvalue weighted by Crippen LogP contribution is 2.07. The molecule has 2 N–H and O–H groups in total. The molecule has 8 heteroatoms. The van der Waals surface area contributed by atoms with Gasteiger partial charge in [0.15, 0.2) is 0 Å². The van der Waals surface area contributed by atoms with E-state index in [2.05, 4.69) is 20.1 Å². The van der Waals surface area contributed by atoms with Gasteiger partial charge in [0, 0.05) is 18.3 Å². The van der Waals surface area contributed by atoms with Crippen LogP contribution in [0.25, 0.3) is 0 Å². The van der Waals surface area contributed by atoms with Gasteiger partial charge in [-0.2, -0.15) is 5.10 Å². The van der Waals surface area contributed by atoms with Crippen LogP contribution in [-0.4, -0.2) is 30.3 Å². The summed E-state index contributed by atoms with van der Waals surface area (Å²) >= 11 is 0. The molecule has 0 spiro atoms. The van der Waals surface area contributed by atoms with Crippen LogP contribution in [-0.2, 0) is 22.2 Å². The third-order valence-corrected chi connectivity index (χ3v) is 4.21. The molecule has 0 bridgehead atoms. The lowest BCUT2D eigenvalue weighted by Gasteiger charge is -2.04. The summed E-state index contributed by atoms with van der Waals surface area (Å²) in [7, 11) is -3.37. The Bertz CT molecular complexity index is 660. The fourth-order valence-corrected chi connectivity index (χ4v) is 2.95. The van der Waals surface area contributed by atoms with Crippen molar-refractivity contribution in [2.24, 2.45) is 0 Å². The second-order valence-electron chi connectivity index (χ2n) is 4.71. The second kappa shape index (κ2) is 6.19. The summed E-state index contributed by atoms with van der Waals surface area (Å²) in [5.41, 5.74) is 2.54. The smallest absolute Gasteiger partial charge is 0.217 e. The third kappa shape index (κ3) is 4.17. The third-order valence-electron chi connectivity index (χ3n) is 2.89. The zero-order valence-electron chi connectivity index (χ0n) is 11.5. The number of aryl methyl sites for hydroxylation is 3.